The summed E-state index contributed by atoms with van der Waals surface area (Å²) >= 11 is 0. The first-order valence-corrected chi connectivity index (χ1v) is 10.3. The molecule has 2 aromatic heterocycles. The van der Waals surface area contributed by atoms with Gasteiger partial charge in [-0.15, -0.1) is 5.10 Å². The van der Waals surface area contributed by atoms with Gasteiger partial charge in [0, 0.05) is 6.54 Å². The first-order chi connectivity index (χ1) is 15.5. The van der Waals surface area contributed by atoms with Gasteiger partial charge in [0.25, 0.3) is 5.91 Å². The molecule has 168 valence electrons. The lowest BCUT2D eigenvalue weighted by Gasteiger charge is -2.30. The van der Waals surface area contributed by atoms with E-state index in [0.29, 0.717) is 18.2 Å². The molecular weight excluding hydrogens is 414 g/mol. The fourth-order valence-electron chi connectivity index (χ4n) is 3.47. The van der Waals surface area contributed by atoms with Gasteiger partial charge >= 0.3 is 0 Å². The van der Waals surface area contributed by atoms with Crippen molar-refractivity contribution in [3.8, 4) is 11.6 Å². The number of carbonyl (C=O) groups is 1. The van der Waals surface area contributed by atoms with E-state index in [1.807, 2.05) is 24.3 Å². The van der Waals surface area contributed by atoms with E-state index in [2.05, 4.69) is 43.0 Å². The van der Waals surface area contributed by atoms with Crippen molar-refractivity contribution in [1.29, 1.82) is 0 Å². The van der Waals surface area contributed by atoms with Gasteiger partial charge in [0.15, 0.2) is 5.69 Å². The summed E-state index contributed by atoms with van der Waals surface area (Å²) < 4.78 is 11.2. The average Bonchev–Trinajstić information content (AvgIpc) is 3.41. The Balaban J connectivity index is 1.53. The number of carbonyl (C=O) groups excluding carboxylic acids is 1. The number of ether oxygens (including phenoxy) is 1. The predicted molar refractivity (Wildman–Crippen MR) is 115 cm³/mol. The van der Waals surface area contributed by atoms with Crippen molar-refractivity contribution >= 4 is 17.9 Å². The molecule has 0 radical (unpaired) electrons. The summed E-state index contributed by atoms with van der Waals surface area (Å²) in [5, 5.41) is 19.6. The summed E-state index contributed by atoms with van der Waals surface area (Å²) in [6, 6.07) is 7.27. The Bertz CT molecular complexity index is 1080. The van der Waals surface area contributed by atoms with Crippen LogP contribution in [0, 0.1) is 5.92 Å². The highest BCUT2D eigenvalue weighted by molar-refractivity contribution is 5.94. The van der Waals surface area contributed by atoms with Crippen molar-refractivity contribution in [1.82, 2.24) is 35.6 Å². The van der Waals surface area contributed by atoms with Crippen LogP contribution in [0.5, 0.6) is 5.75 Å². The lowest BCUT2D eigenvalue weighted by Crippen LogP contribution is -2.34. The van der Waals surface area contributed by atoms with E-state index in [4.69, 9.17) is 15.1 Å². The predicted octanol–water partition coefficient (Wildman–Crippen LogP) is 1.24. The molecule has 32 heavy (non-hydrogen) atoms. The third-order valence-corrected chi connectivity index (χ3v) is 5.42. The number of amides is 1. The monoisotopic (exact) mass is 439 g/mol. The SMILES string of the molecule is COc1ccc(C=NNC(=O)c2nnn(-c3nonc3N)c2CN2CCC(C)CC2)cc1. The van der Waals surface area contributed by atoms with Gasteiger partial charge in [0.05, 0.1) is 19.0 Å². The number of anilines is 1. The van der Waals surface area contributed by atoms with Crippen molar-refractivity contribution in [2.75, 3.05) is 25.9 Å². The Hall–Kier alpha value is -3.80. The summed E-state index contributed by atoms with van der Waals surface area (Å²) in [5.41, 5.74) is 9.83. The molecule has 3 aromatic rings. The number of benzene rings is 1. The molecule has 0 spiro atoms. The Morgan fingerprint density at radius 2 is 2.06 bits per heavy atom. The molecule has 0 aliphatic carbocycles. The Morgan fingerprint density at radius 1 is 1.31 bits per heavy atom. The highest BCUT2D eigenvalue weighted by Crippen LogP contribution is 2.21. The number of hydrogen-bond donors (Lipinski definition) is 2. The van der Waals surface area contributed by atoms with Gasteiger partial charge in [-0.3, -0.25) is 9.69 Å². The van der Waals surface area contributed by atoms with Crippen LogP contribution in [-0.2, 0) is 6.54 Å². The number of nitrogens with two attached hydrogens (primary N) is 1. The van der Waals surface area contributed by atoms with E-state index in [0.717, 1.165) is 37.2 Å². The number of hydrazone groups is 1. The maximum absolute atomic E-state index is 12.8. The Kier molecular flexibility index (Phi) is 6.40. The molecule has 1 aliphatic heterocycles. The van der Waals surface area contributed by atoms with Crippen LogP contribution in [0.25, 0.3) is 5.82 Å². The van der Waals surface area contributed by atoms with Gasteiger partial charge in [-0.05, 0) is 72.0 Å². The molecule has 0 bridgehead atoms. The second kappa shape index (κ2) is 9.56. The van der Waals surface area contributed by atoms with Crippen molar-refractivity contribution in [3.05, 3.63) is 41.2 Å². The minimum atomic E-state index is -0.489. The number of nitrogens with zero attached hydrogens (tertiary/aromatic N) is 7. The number of nitrogen functional groups attached to an aromatic ring is 1. The second-order valence-corrected chi connectivity index (χ2v) is 7.70. The van der Waals surface area contributed by atoms with Crippen molar-refractivity contribution in [3.63, 3.8) is 0 Å². The summed E-state index contributed by atoms with van der Waals surface area (Å²) in [6.45, 7) is 4.52. The van der Waals surface area contributed by atoms with Gasteiger partial charge in [0.2, 0.25) is 11.6 Å². The number of likely N-dealkylation sites (tertiary alicyclic amines) is 1. The number of rotatable bonds is 7. The molecule has 3 N–H and O–H groups in total. The van der Waals surface area contributed by atoms with E-state index in [1.165, 1.54) is 10.9 Å². The largest absolute Gasteiger partial charge is 0.497 e. The lowest BCUT2D eigenvalue weighted by molar-refractivity contribution is 0.0947. The number of methoxy groups -OCH3 is 1. The number of nitrogens with one attached hydrogen (secondary N) is 1. The van der Waals surface area contributed by atoms with E-state index in [1.54, 1.807) is 7.11 Å². The van der Waals surface area contributed by atoms with Crippen LogP contribution in [0.15, 0.2) is 34.0 Å². The molecular formula is C20H25N9O3. The van der Waals surface area contributed by atoms with Gasteiger partial charge in [0.1, 0.15) is 5.75 Å². The number of piperidine rings is 1. The van der Waals surface area contributed by atoms with E-state index in [-0.39, 0.29) is 17.3 Å². The molecule has 1 aliphatic rings. The summed E-state index contributed by atoms with van der Waals surface area (Å²) in [4.78, 5) is 15.1. The van der Waals surface area contributed by atoms with Crippen LogP contribution in [0.3, 0.4) is 0 Å². The zero-order chi connectivity index (χ0) is 22.5. The first-order valence-electron chi connectivity index (χ1n) is 10.3. The average molecular weight is 439 g/mol. The van der Waals surface area contributed by atoms with E-state index < -0.39 is 5.91 Å². The minimum Gasteiger partial charge on any atom is -0.497 e. The zero-order valence-corrected chi connectivity index (χ0v) is 17.9. The molecule has 1 amide bonds. The highest BCUT2D eigenvalue weighted by Gasteiger charge is 2.26. The fourth-order valence-corrected chi connectivity index (χ4v) is 3.47. The molecule has 1 fully saturated rings. The molecule has 12 heteroatoms. The van der Waals surface area contributed by atoms with Crippen molar-refractivity contribution < 1.29 is 14.2 Å². The molecule has 3 heterocycles. The van der Waals surface area contributed by atoms with E-state index >= 15 is 0 Å². The summed E-state index contributed by atoms with van der Waals surface area (Å²) in [5.74, 6) is 1.18. The normalized spacial score (nSPS) is 15.3. The molecule has 4 rings (SSSR count). The number of aromatic nitrogens is 5. The van der Waals surface area contributed by atoms with Crippen LogP contribution in [-0.4, -0.2) is 62.5 Å². The molecule has 1 saturated heterocycles. The van der Waals surface area contributed by atoms with Gasteiger partial charge in [-0.25, -0.2) is 10.1 Å². The molecule has 0 atom stereocenters. The molecule has 0 unspecified atom stereocenters. The standard InChI is InChI=1S/C20H25N9O3/c1-13-7-9-28(10-8-13)12-16-17(23-27-29(16)19-18(21)25-32-26-19)20(30)24-22-11-14-3-5-15(31-2)6-4-14/h3-6,11,13H,7-10,12H2,1-2H3,(H2,21,25)(H,24,30). The minimum absolute atomic E-state index is 0.0629. The van der Waals surface area contributed by atoms with Crippen LogP contribution in [0.1, 0.15) is 41.5 Å². The molecule has 0 saturated carbocycles. The molecule has 12 nitrogen and oxygen atoms in total. The van der Waals surface area contributed by atoms with Crippen LogP contribution >= 0.6 is 0 Å². The maximum Gasteiger partial charge on any atom is 0.293 e. The zero-order valence-electron chi connectivity index (χ0n) is 17.9. The van der Waals surface area contributed by atoms with E-state index in [9.17, 15) is 4.79 Å². The van der Waals surface area contributed by atoms with Crippen molar-refractivity contribution in [2.45, 2.75) is 26.3 Å². The second-order valence-electron chi connectivity index (χ2n) is 7.70. The lowest BCUT2D eigenvalue weighted by atomic mass is 9.99. The molecule has 1 aromatic carbocycles. The topological polar surface area (TPSA) is 150 Å². The smallest absolute Gasteiger partial charge is 0.293 e. The summed E-state index contributed by atoms with van der Waals surface area (Å²) in [6.07, 6.45) is 3.71. The van der Waals surface area contributed by atoms with Crippen LogP contribution in [0.2, 0.25) is 0 Å². The third kappa shape index (κ3) is 4.75. The maximum atomic E-state index is 12.8. The van der Waals surface area contributed by atoms with Gasteiger partial charge in [-0.2, -0.15) is 9.78 Å². The van der Waals surface area contributed by atoms with Gasteiger partial charge < -0.3 is 10.5 Å². The van der Waals surface area contributed by atoms with Crippen molar-refractivity contribution in [2.24, 2.45) is 11.0 Å². The first kappa shape index (κ1) is 21.4. The highest BCUT2D eigenvalue weighted by atomic mass is 16.6. The Labute approximate surface area is 184 Å². The van der Waals surface area contributed by atoms with Crippen LogP contribution < -0.4 is 15.9 Å². The summed E-state index contributed by atoms with van der Waals surface area (Å²) in [7, 11) is 1.60. The van der Waals surface area contributed by atoms with Gasteiger partial charge in [-0.1, -0.05) is 12.1 Å². The quantitative estimate of drug-likeness (QED) is 0.409. The fraction of sp³-hybridized carbons (Fsp3) is 0.400. The third-order valence-electron chi connectivity index (χ3n) is 5.42. The Morgan fingerprint density at radius 3 is 2.72 bits per heavy atom. The van der Waals surface area contributed by atoms with Crippen LogP contribution in [0.4, 0.5) is 5.82 Å². The number of hydrogen-bond acceptors (Lipinski definition) is 10.